The van der Waals surface area contributed by atoms with E-state index in [1.54, 1.807) is 0 Å². The van der Waals surface area contributed by atoms with Crippen LogP contribution in [0.2, 0.25) is 0 Å². The van der Waals surface area contributed by atoms with Crippen LogP contribution in [0.1, 0.15) is 0 Å². The van der Waals surface area contributed by atoms with Gasteiger partial charge in [0.2, 0.25) is 0 Å². The van der Waals surface area contributed by atoms with E-state index in [4.69, 9.17) is 11.6 Å². The van der Waals surface area contributed by atoms with Gasteiger partial charge in [0.1, 0.15) is 6.17 Å². The molecule has 2 atom stereocenters. The van der Waals surface area contributed by atoms with Gasteiger partial charge in [-0.2, -0.15) is 0 Å². The molecule has 0 radical (unpaired) electrons. The van der Waals surface area contributed by atoms with Gasteiger partial charge in [-0.05, 0) is 5.57 Å². The minimum absolute atomic E-state index is 0.425. The molecule has 1 heterocycles. The maximum absolute atomic E-state index is 12.7. The summed E-state index contributed by atoms with van der Waals surface area (Å²) < 4.78 is 12.7. The highest BCUT2D eigenvalue weighted by Gasteiger charge is 2.24. The normalized spacial score (nSPS) is 36.9. The van der Waals surface area contributed by atoms with Gasteiger partial charge in [0, 0.05) is 13.1 Å². The SMILES string of the molecule is C=C1CNCC(Cl)C1F. The number of rotatable bonds is 0. The molecule has 1 aliphatic heterocycles. The maximum atomic E-state index is 12.7. The number of halogens is 2. The second-order valence-electron chi connectivity index (χ2n) is 2.21. The molecule has 1 saturated heterocycles. The quantitative estimate of drug-likeness (QED) is 0.402. The first kappa shape index (κ1) is 7.03. The van der Waals surface area contributed by atoms with E-state index in [1.165, 1.54) is 0 Å². The Morgan fingerprint density at radius 2 is 2.44 bits per heavy atom. The van der Waals surface area contributed by atoms with E-state index in [1.807, 2.05) is 0 Å². The molecule has 0 amide bonds. The van der Waals surface area contributed by atoms with E-state index in [9.17, 15) is 4.39 Å². The Morgan fingerprint density at radius 1 is 1.78 bits per heavy atom. The van der Waals surface area contributed by atoms with Crippen molar-refractivity contribution in [2.24, 2.45) is 0 Å². The second-order valence-corrected chi connectivity index (χ2v) is 2.77. The van der Waals surface area contributed by atoms with E-state index >= 15 is 0 Å². The molecule has 0 aromatic rings. The van der Waals surface area contributed by atoms with Gasteiger partial charge in [-0.25, -0.2) is 4.39 Å². The van der Waals surface area contributed by atoms with Crippen molar-refractivity contribution in [3.05, 3.63) is 12.2 Å². The summed E-state index contributed by atoms with van der Waals surface area (Å²) in [6.07, 6.45) is -1.02. The molecule has 0 bridgehead atoms. The molecule has 0 aliphatic carbocycles. The van der Waals surface area contributed by atoms with Crippen LogP contribution in [0, 0.1) is 0 Å². The van der Waals surface area contributed by atoms with Crippen LogP contribution in [0.4, 0.5) is 4.39 Å². The van der Waals surface area contributed by atoms with Gasteiger partial charge in [0.05, 0.1) is 5.38 Å². The Morgan fingerprint density at radius 3 is 2.89 bits per heavy atom. The third-order valence-electron chi connectivity index (χ3n) is 1.40. The van der Waals surface area contributed by atoms with E-state index in [-0.39, 0.29) is 0 Å². The zero-order chi connectivity index (χ0) is 6.85. The van der Waals surface area contributed by atoms with Crippen molar-refractivity contribution in [3.8, 4) is 0 Å². The Kier molecular flexibility index (Phi) is 2.09. The van der Waals surface area contributed by atoms with Crippen molar-refractivity contribution in [1.29, 1.82) is 0 Å². The lowest BCUT2D eigenvalue weighted by Gasteiger charge is -2.23. The standard InChI is InChI=1S/C6H9ClFN/c1-4-2-9-3-5(7)6(4)8/h5-6,9H,1-3H2. The number of piperidine rings is 1. The fourth-order valence-corrected chi connectivity index (χ4v) is 1.11. The summed E-state index contributed by atoms with van der Waals surface area (Å²) >= 11 is 5.56. The molecule has 1 aliphatic rings. The average Bonchev–Trinajstić information content (AvgIpc) is 1.83. The molecular formula is C6H9ClFN. The summed E-state index contributed by atoms with van der Waals surface area (Å²) in [6.45, 7) is 4.63. The van der Waals surface area contributed by atoms with Gasteiger partial charge in [0.15, 0.2) is 0 Å². The third kappa shape index (κ3) is 1.43. The Hall–Kier alpha value is -0.0800. The summed E-state index contributed by atoms with van der Waals surface area (Å²) in [7, 11) is 0. The Bertz CT molecular complexity index is 126. The number of hydrogen-bond acceptors (Lipinski definition) is 1. The molecule has 0 spiro atoms. The number of nitrogens with one attached hydrogen (secondary N) is 1. The van der Waals surface area contributed by atoms with Crippen LogP contribution in [-0.2, 0) is 0 Å². The van der Waals surface area contributed by atoms with E-state index < -0.39 is 11.5 Å². The lowest BCUT2D eigenvalue weighted by molar-refractivity contribution is 0.332. The molecule has 0 aromatic carbocycles. The topological polar surface area (TPSA) is 12.0 Å². The van der Waals surface area contributed by atoms with Gasteiger partial charge >= 0.3 is 0 Å². The van der Waals surface area contributed by atoms with Crippen LogP contribution in [0.15, 0.2) is 12.2 Å². The minimum atomic E-state index is -1.02. The van der Waals surface area contributed by atoms with Crippen LogP contribution < -0.4 is 5.32 Å². The third-order valence-corrected chi connectivity index (χ3v) is 1.77. The van der Waals surface area contributed by atoms with Gasteiger partial charge < -0.3 is 5.32 Å². The van der Waals surface area contributed by atoms with Crippen LogP contribution in [0.5, 0.6) is 0 Å². The summed E-state index contributed by atoms with van der Waals surface area (Å²) in [5, 5.41) is 2.52. The summed E-state index contributed by atoms with van der Waals surface area (Å²) in [6, 6.07) is 0. The molecule has 1 N–H and O–H groups in total. The molecule has 9 heavy (non-hydrogen) atoms. The van der Waals surface area contributed by atoms with Crippen molar-refractivity contribution in [3.63, 3.8) is 0 Å². The fourth-order valence-electron chi connectivity index (χ4n) is 0.827. The monoisotopic (exact) mass is 149 g/mol. The lowest BCUT2D eigenvalue weighted by atomic mass is 10.1. The molecule has 2 unspecified atom stereocenters. The molecule has 1 rings (SSSR count). The predicted molar refractivity (Wildman–Crippen MR) is 36.5 cm³/mol. The van der Waals surface area contributed by atoms with Crippen LogP contribution in [0.3, 0.4) is 0 Å². The van der Waals surface area contributed by atoms with Gasteiger partial charge in [-0.15, -0.1) is 11.6 Å². The van der Waals surface area contributed by atoms with Crippen molar-refractivity contribution in [1.82, 2.24) is 5.32 Å². The molecule has 1 nitrogen and oxygen atoms in total. The number of alkyl halides is 2. The highest BCUT2D eigenvalue weighted by molar-refractivity contribution is 6.21. The average molecular weight is 150 g/mol. The highest BCUT2D eigenvalue weighted by Crippen LogP contribution is 2.16. The molecule has 0 aromatic heterocycles. The van der Waals surface area contributed by atoms with Crippen LogP contribution >= 0.6 is 11.6 Å². The van der Waals surface area contributed by atoms with Crippen LogP contribution in [-0.4, -0.2) is 24.6 Å². The van der Waals surface area contributed by atoms with E-state index in [0.717, 1.165) is 0 Å². The highest BCUT2D eigenvalue weighted by atomic mass is 35.5. The molecular weight excluding hydrogens is 141 g/mol. The van der Waals surface area contributed by atoms with Crippen LogP contribution in [0.25, 0.3) is 0 Å². The fraction of sp³-hybridized carbons (Fsp3) is 0.667. The van der Waals surface area contributed by atoms with Crippen molar-refractivity contribution in [2.45, 2.75) is 11.5 Å². The molecule has 1 fully saturated rings. The van der Waals surface area contributed by atoms with Gasteiger partial charge in [-0.3, -0.25) is 0 Å². The summed E-state index contributed by atoms with van der Waals surface area (Å²) in [4.78, 5) is 0. The first-order chi connectivity index (χ1) is 4.22. The molecule has 3 heteroatoms. The first-order valence-corrected chi connectivity index (χ1v) is 3.32. The summed E-state index contributed by atoms with van der Waals surface area (Å²) in [5.41, 5.74) is 0.557. The molecule has 0 saturated carbocycles. The molecule has 52 valence electrons. The van der Waals surface area contributed by atoms with Crippen molar-refractivity contribution < 1.29 is 4.39 Å². The van der Waals surface area contributed by atoms with Gasteiger partial charge in [-0.1, -0.05) is 6.58 Å². The lowest BCUT2D eigenvalue weighted by Crippen LogP contribution is -2.40. The smallest absolute Gasteiger partial charge is 0.140 e. The van der Waals surface area contributed by atoms with E-state index in [0.29, 0.717) is 18.7 Å². The largest absolute Gasteiger partial charge is 0.311 e. The predicted octanol–water partition coefficient (Wildman–Crippen LogP) is 1.09. The number of hydrogen-bond donors (Lipinski definition) is 1. The zero-order valence-electron chi connectivity index (χ0n) is 5.03. The van der Waals surface area contributed by atoms with Gasteiger partial charge in [0.25, 0.3) is 0 Å². The minimum Gasteiger partial charge on any atom is -0.311 e. The first-order valence-electron chi connectivity index (χ1n) is 2.88. The van der Waals surface area contributed by atoms with Crippen molar-refractivity contribution >= 4 is 11.6 Å². The Labute approximate surface area is 58.9 Å². The second kappa shape index (κ2) is 2.67. The Balaban J connectivity index is 2.51. The zero-order valence-corrected chi connectivity index (χ0v) is 5.79. The van der Waals surface area contributed by atoms with E-state index in [2.05, 4.69) is 11.9 Å². The maximum Gasteiger partial charge on any atom is 0.140 e. The van der Waals surface area contributed by atoms with Crippen molar-refractivity contribution in [2.75, 3.05) is 13.1 Å². The summed E-state index contributed by atoms with van der Waals surface area (Å²) in [5.74, 6) is 0.